The van der Waals surface area contributed by atoms with Gasteiger partial charge in [0.1, 0.15) is 0 Å². The van der Waals surface area contributed by atoms with E-state index in [1.165, 1.54) is 31.2 Å². The number of aryl methyl sites for hydroxylation is 1. The van der Waals surface area contributed by atoms with Crippen LogP contribution in [0.4, 0.5) is 13.2 Å². The first kappa shape index (κ1) is 20.5. The summed E-state index contributed by atoms with van der Waals surface area (Å²) in [5.41, 5.74) is 1.38. The number of carbonyl (C=O) groups is 2. The summed E-state index contributed by atoms with van der Waals surface area (Å²) in [6.07, 6.45) is -5.31. The first-order valence-electron chi connectivity index (χ1n) is 8.41. The summed E-state index contributed by atoms with van der Waals surface area (Å²) in [4.78, 5) is 23.9. The van der Waals surface area contributed by atoms with E-state index >= 15 is 0 Å². The van der Waals surface area contributed by atoms with Crippen LogP contribution in [-0.2, 0) is 11.2 Å². The molecule has 7 heteroatoms. The van der Waals surface area contributed by atoms with Crippen molar-refractivity contribution in [2.75, 3.05) is 0 Å². The lowest BCUT2D eigenvalue weighted by molar-refractivity contribution is -0.142. The van der Waals surface area contributed by atoms with Crippen molar-refractivity contribution >= 4 is 11.9 Å². The third kappa shape index (κ3) is 6.13. The predicted molar refractivity (Wildman–Crippen MR) is 94.3 cm³/mol. The second kappa shape index (κ2) is 8.70. The van der Waals surface area contributed by atoms with Gasteiger partial charge in [-0.15, -0.1) is 0 Å². The first-order chi connectivity index (χ1) is 12.7. The Kier molecular flexibility index (Phi) is 6.60. The maximum atomic E-state index is 12.5. The topological polar surface area (TPSA) is 66.4 Å². The minimum absolute atomic E-state index is 0.159. The largest absolute Gasteiger partial charge is 0.481 e. The number of carboxylic acid groups (broad SMARTS) is 1. The zero-order chi connectivity index (χ0) is 20.0. The van der Waals surface area contributed by atoms with Gasteiger partial charge in [0.15, 0.2) is 0 Å². The molecule has 0 saturated heterocycles. The van der Waals surface area contributed by atoms with Crippen LogP contribution in [0.25, 0.3) is 0 Å². The molecule has 0 spiro atoms. The number of halogens is 3. The summed E-state index contributed by atoms with van der Waals surface area (Å²) in [5, 5.41) is 12.0. The molecule has 2 N–H and O–H groups in total. The van der Waals surface area contributed by atoms with Gasteiger partial charge in [-0.2, -0.15) is 13.2 Å². The Balaban J connectivity index is 2.12. The molecule has 2 aromatic carbocycles. The van der Waals surface area contributed by atoms with E-state index in [0.717, 1.165) is 0 Å². The van der Waals surface area contributed by atoms with E-state index in [4.69, 9.17) is 0 Å². The van der Waals surface area contributed by atoms with Crippen LogP contribution in [0.2, 0.25) is 0 Å². The normalized spacial score (nSPS) is 13.6. The van der Waals surface area contributed by atoms with Crippen LogP contribution in [0.1, 0.15) is 40.9 Å². The highest BCUT2D eigenvalue weighted by atomic mass is 19.4. The Bertz CT molecular complexity index is 773. The monoisotopic (exact) mass is 379 g/mol. The summed E-state index contributed by atoms with van der Waals surface area (Å²) in [6, 6.07) is 13.8. The van der Waals surface area contributed by atoms with E-state index in [2.05, 4.69) is 5.32 Å². The molecule has 4 nitrogen and oxygen atoms in total. The Labute approximate surface area is 155 Å². The van der Waals surface area contributed by atoms with Crippen LogP contribution < -0.4 is 5.32 Å². The third-order valence-corrected chi connectivity index (χ3v) is 4.25. The molecule has 2 rings (SSSR count). The lowest BCUT2D eigenvalue weighted by Gasteiger charge is -2.23. The van der Waals surface area contributed by atoms with Crippen molar-refractivity contribution in [3.63, 3.8) is 0 Å². The molecule has 0 aliphatic rings. The van der Waals surface area contributed by atoms with Gasteiger partial charge >= 0.3 is 12.1 Å². The molecule has 0 radical (unpaired) electrons. The van der Waals surface area contributed by atoms with E-state index < -0.39 is 36.4 Å². The molecule has 0 fully saturated rings. The average molecular weight is 379 g/mol. The predicted octanol–water partition coefficient (Wildman–Crippen LogP) is 4.37. The molecule has 2 aromatic rings. The third-order valence-electron chi connectivity index (χ3n) is 4.25. The Morgan fingerprint density at radius 2 is 1.63 bits per heavy atom. The van der Waals surface area contributed by atoms with Crippen molar-refractivity contribution in [2.24, 2.45) is 5.92 Å². The molecule has 0 aromatic heterocycles. The van der Waals surface area contributed by atoms with Crippen LogP contribution in [0.3, 0.4) is 0 Å². The van der Waals surface area contributed by atoms with Gasteiger partial charge in [-0.05, 0) is 36.6 Å². The van der Waals surface area contributed by atoms with Crippen molar-refractivity contribution in [3.05, 3.63) is 71.3 Å². The minimum atomic E-state index is -4.23. The molecule has 2 atom stereocenters. The fourth-order valence-corrected chi connectivity index (χ4v) is 2.63. The van der Waals surface area contributed by atoms with Gasteiger partial charge in [-0.1, -0.05) is 42.5 Å². The van der Waals surface area contributed by atoms with Gasteiger partial charge < -0.3 is 10.4 Å². The highest BCUT2D eigenvalue weighted by Crippen LogP contribution is 2.24. The summed E-state index contributed by atoms with van der Waals surface area (Å²) >= 11 is 0. The van der Waals surface area contributed by atoms with Crippen molar-refractivity contribution in [3.8, 4) is 0 Å². The Morgan fingerprint density at radius 3 is 2.15 bits per heavy atom. The molecule has 0 bridgehead atoms. The Hall–Kier alpha value is -2.83. The lowest BCUT2D eigenvalue weighted by Crippen LogP contribution is -2.35. The number of amides is 1. The number of nitrogens with one attached hydrogen (secondary N) is 1. The van der Waals surface area contributed by atoms with Crippen LogP contribution in [0, 0.1) is 5.92 Å². The molecular formula is C20H20F3NO3. The summed E-state index contributed by atoms with van der Waals surface area (Å²) in [5.74, 6) is -2.40. The minimum Gasteiger partial charge on any atom is -0.481 e. The van der Waals surface area contributed by atoms with Gasteiger partial charge in [0.25, 0.3) is 5.91 Å². The molecular weight excluding hydrogens is 359 g/mol. The Morgan fingerprint density at radius 1 is 1.04 bits per heavy atom. The average Bonchev–Trinajstić information content (AvgIpc) is 2.64. The molecule has 0 aliphatic carbocycles. The number of carboxylic acids is 1. The van der Waals surface area contributed by atoms with Crippen LogP contribution in [0.15, 0.2) is 54.6 Å². The fraction of sp³-hybridized carbons (Fsp3) is 0.300. The number of aliphatic carboxylic acids is 1. The number of hydrogen-bond acceptors (Lipinski definition) is 2. The van der Waals surface area contributed by atoms with Crippen molar-refractivity contribution in [1.29, 1.82) is 0 Å². The number of benzene rings is 2. The van der Waals surface area contributed by atoms with Crippen molar-refractivity contribution in [2.45, 2.75) is 32.0 Å². The van der Waals surface area contributed by atoms with E-state index in [-0.39, 0.29) is 12.0 Å². The second-order valence-electron chi connectivity index (χ2n) is 6.30. The quantitative estimate of drug-likeness (QED) is 0.751. The smallest absolute Gasteiger partial charge is 0.389 e. The highest BCUT2D eigenvalue weighted by molar-refractivity contribution is 5.94. The molecule has 27 heavy (non-hydrogen) atoms. The summed E-state index contributed by atoms with van der Waals surface area (Å²) in [7, 11) is 0. The van der Waals surface area contributed by atoms with Gasteiger partial charge in [0.05, 0.1) is 12.0 Å². The SMILES string of the molecule is CC(C(=O)O)C(NC(=O)c1ccc(CCC(F)(F)F)cc1)c1ccccc1. The van der Waals surface area contributed by atoms with Crippen LogP contribution >= 0.6 is 0 Å². The molecule has 1 amide bonds. The molecule has 0 heterocycles. The van der Waals surface area contributed by atoms with E-state index in [0.29, 0.717) is 11.1 Å². The molecule has 0 aliphatic heterocycles. The summed E-state index contributed by atoms with van der Waals surface area (Å²) < 4.78 is 36.8. The standard InChI is InChI=1S/C20H20F3NO3/c1-13(19(26)27)17(15-5-3-2-4-6-15)24-18(25)16-9-7-14(8-10-16)11-12-20(21,22)23/h2-10,13,17H,11-12H2,1H3,(H,24,25)(H,26,27). The second-order valence-corrected chi connectivity index (χ2v) is 6.30. The maximum Gasteiger partial charge on any atom is 0.389 e. The van der Waals surface area contributed by atoms with E-state index in [1.54, 1.807) is 30.3 Å². The van der Waals surface area contributed by atoms with Crippen molar-refractivity contribution in [1.82, 2.24) is 5.32 Å². The zero-order valence-corrected chi connectivity index (χ0v) is 14.7. The van der Waals surface area contributed by atoms with Crippen LogP contribution in [-0.4, -0.2) is 23.2 Å². The van der Waals surface area contributed by atoms with Gasteiger partial charge in [-0.3, -0.25) is 9.59 Å². The van der Waals surface area contributed by atoms with Crippen molar-refractivity contribution < 1.29 is 27.9 Å². The fourth-order valence-electron chi connectivity index (χ4n) is 2.63. The van der Waals surface area contributed by atoms with E-state index in [9.17, 15) is 27.9 Å². The zero-order valence-electron chi connectivity index (χ0n) is 14.7. The first-order valence-corrected chi connectivity index (χ1v) is 8.41. The van der Waals surface area contributed by atoms with Gasteiger partial charge in [-0.25, -0.2) is 0 Å². The number of rotatable bonds is 7. The van der Waals surface area contributed by atoms with Gasteiger partial charge in [0, 0.05) is 12.0 Å². The van der Waals surface area contributed by atoms with Crippen LogP contribution in [0.5, 0.6) is 0 Å². The highest BCUT2D eigenvalue weighted by Gasteiger charge is 2.28. The summed E-state index contributed by atoms with van der Waals surface area (Å²) in [6.45, 7) is 1.50. The van der Waals surface area contributed by atoms with Gasteiger partial charge in [0.2, 0.25) is 0 Å². The molecule has 2 unspecified atom stereocenters. The maximum absolute atomic E-state index is 12.5. The van der Waals surface area contributed by atoms with E-state index in [1.807, 2.05) is 0 Å². The number of carbonyl (C=O) groups excluding carboxylic acids is 1. The number of hydrogen-bond donors (Lipinski definition) is 2. The molecule has 144 valence electrons. The number of alkyl halides is 3. The lowest BCUT2D eigenvalue weighted by atomic mass is 9.94. The molecule has 0 saturated carbocycles.